The van der Waals surface area contributed by atoms with Crippen molar-refractivity contribution in [3.8, 4) is 17.2 Å². The minimum atomic E-state index is 0.111. The lowest BCUT2D eigenvalue weighted by Gasteiger charge is -2.17. The standard InChI is InChI=1S/C16H20IN5O2/c1-9(2)10-6-13(23-5-4-20-3)11(17)7-12(10)24-14-8-21-16(19)22-15(14)18/h4,6-9H,5H2,1-3H3,(H4,18,19,21,22). The van der Waals surface area contributed by atoms with Crippen LogP contribution < -0.4 is 20.9 Å². The van der Waals surface area contributed by atoms with Gasteiger partial charge in [0.05, 0.1) is 9.77 Å². The molecule has 1 aromatic carbocycles. The van der Waals surface area contributed by atoms with Crippen LogP contribution in [0.25, 0.3) is 0 Å². The van der Waals surface area contributed by atoms with E-state index in [2.05, 4.69) is 51.4 Å². The Kier molecular flexibility index (Phi) is 6.18. The number of rotatable bonds is 6. The van der Waals surface area contributed by atoms with Gasteiger partial charge < -0.3 is 20.9 Å². The van der Waals surface area contributed by atoms with Crippen molar-refractivity contribution in [2.45, 2.75) is 19.8 Å². The number of benzene rings is 1. The minimum Gasteiger partial charge on any atom is -0.487 e. The molecule has 0 spiro atoms. The third kappa shape index (κ3) is 4.47. The Morgan fingerprint density at radius 2 is 2.00 bits per heavy atom. The van der Waals surface area contributed by atoms with Gasteiger partial charge in [0, 0.05) is 18.8 Å². The Bertz CT molecular complexity index is 749. The summed E-state index contributed by atoms with van der Waals surface area (Å²) < 4.78 is 12.6. The number of hydrogen-bond acceptors (Lipinski definition) is 7. The molecule has 2 rings (SSSR count). The highest BCUT2D eigenvalue weighted by Crippen LogP contribution is 2.37. The number of ether oxygens (including phenoxy) is 2. The van der Waals surface area contributed by atoms with Gasteiger partial charge >= 0.3 is 0 Å². The summed E-state index contributed by atoms with van der Waals surface area (Å²) in [6, 6.07) is 3.88. The van der Waals surface area contributed by atoms with Gasteiger partial charge in [-0.05, 0) is 40.6 Å². The van der Waals surface area contributed by atoms with Gasteiger partial charge in [0.25, 0.3) is 0 Å². The van der Waals surface area contributed by atoms with Crippen molar-refractivity contribution in [2.75, 3.05) is 25.1 Å². The van der Waals surface area contributed by atoms with E-state index in [1.54, 1.807) is 13.3 Å². The Balaban J connectivity index is 2.36. The molecule has 0 fully saturated rings. The smallest absolute Gasteiger partial charge is 0.222 e. The molecule has 0 bridgehead atoms. The molecule has 0 aliphatic carbocycles. The second-order valence-corrected chi connectivity index (χ2v) is 6.47. The maximum absolute atomic E-state index is 5.93. The van der Waals surface area contributed by atoms with Gasteiger partial charge in [0.15, 0.2) is 11.6 Å². The van der Waals surface area contributed by atoms with Crippen LogP contribution in [0.2, 0.25) is 0 Å². The fourth-order valence-electron chi connectivity index (χ4n) is 2.00. The fraction of sp³-hybridized carbons (Fsp3) is 0.312. The highest BCUT2D eigenvalue weighted by molar-refractivity contribution is 14.1. The molecule has 0 unspecified atom stereocenters. The van der Waals surface area contributed by atoms with E-state index < -0.39 is 0 Å². The maximum Gasteiger partial charge on any atom is 0.222 e. The molecule has 0 amide bonds. The fourth-order valence-corrected chi connectivity index (χ4v) is 2.59. The first-order valence-electron chi connectivity index (χ1n) is 7.35. The monoisotopic (exact) mass is 441 g/mol. The van der Waals surface area contributed by atoms with Crippen LogP contribution in [0, 0.1) is 3.57 Å². The molecule has 1 aromatic heterocycles. The zero-order chi connectivity index (χ0) is 17.7. The summed E-state index contributed by atoms with van der Waals surface area (Å²) in [5.41, 5.74) is 12.4. The van der Waals surface area contributed by atoms with E-state index in [9.17, 15) is 0 Å². The molecule has 128 valence electrons. The van der Waals surface area contributed by atoms with Gasteiger partial charge in [0.1, 0.15) is 18.1 Å². The highest BCUT2D eigenvalue weighted by Gasteiger charge is 2.16. The van der Waals surface area contributed by atoms with Gasteiger partial charge in [-0.25, -0.2) is 4.98 Å². The molecule has 24 heavy (non-hydrogen) atoms. The molecule has 4 N–H and O–H groups in total. The van der Waals surface area contributed by atoms with E-state index in [1.807, 2.05) is 12.1 Å². The summed E-state index contributed by atoms with van der Waals surface area (Å²) in [4.78, 5) is 11.7. The average Bonchev–Trinajstić information content (AvgIpc) is 2.52. The molecule has 0 radical (unpaired) electrons. The van der Waals surface area contributed by atoms with Gasteiger partial charge in [0.2, 0.25) is 5.95 Å². The second-order valence-electron chi connectivity index (χ2n) is 5.31. The molecule has 2 aromatic rings. The number of aliphatic imine (C=N–C) groups is 1. The van der Waals surface area contributed by atoms with Crippen LogP contribution in [0.5, 0.6) is 17.2 Å². The lowest BCUT2D eigenvalue weighted by molar-refractivity contribution is 0.375. The van der Waals surface area contributed by atoms with Crippen molar-refractivity contribution >= 4 is 40.6 Å². The predicted octanol–water partition coefficient (Wildman–Crippen LogP) is 3.24. The van der Waals surface area contributed by atoms with Crippen LogP contribution >= 0.6 is 22.6 Å². The first kappa shape index (κ1) is 18.2. The molecule has 0 saturated carbocycles. The van der Waals surface area contributed by atoms with Crippen LogP contribution in [-0.2, 0) is 0 Å². The molecular weight excluding hydrogens is 421 g/mol. The van der Waals surface area contributed by atoms with E-state index in [0.717, 1.165) is 14.9 Å². The largest absolute Gasteiger partial charge is 0.487 e. The van der Waals surface area contributed by atoms with E-state index in [0.29, 0.717) is 18.1 Å². The first-order valence-corrected chi connectivity index (χ1v) is 8.43. The molecule has 1 heterocycles. The number of anilines is 2. The Morgan fingerprint density at radius 3 is 2.62 bits per heavy atom. The lowest BCUT2D eigenvalue weighted by atomic mass is 10.0. The summed E-state index contributed by atoms with van der Waals surface area (Å²) >= 11 is 2.20. The lowest BCUT2D eigenvalue weighted by Crippen LogP contribution is -2.04. The number of nitrogens with two attached hydrogens (primary N) is 2. The second kappa shape index (κ2) is 8.13. The maximum atomic E-state index is 5.93. The Hall–Kier alpha value is -2.10. The van der Waals surface area contributed by atoms with E-state index in [1.165, 1.54) is 6.20 Å². The average molecular weight is 441 g/mol. The zero-order valence-corrected chi connectivity index (χ0v) is 15.9. The predicted molar refractivity (Wildman–Crippen MR) is 104 cm³/mol. The number of halogens is 1. The van der Waals surface area contributed by atoms with Crippen LogP contribution in [-0.4, -0.2) is 29.8 Å². The number of nitrogen functional groups attached to an aromatic ring is 2. The first-order chi connectivity index (χ1) is 11.4. The number of hydrogen-bond donors (Lipinski definition) is 2. The van der Waals surface area contributed by atoms with Crippen molar-refractivity contribution in [3.05, 3.63) is 27.5 Å². The molecule has 0 aliphatic rings. The third-order valence-corrected chi connectivity index (χ3v) is 4.05. The summed E-state index contributed by atoms with van der Waals surface area (Å²) in [6.45, 7) is 4.58. The minimum absolute atomic E-state index is 0.111. The summed E-state index contributed by atoms with van der Waals surface area (Å²) in [5, 5.41) is 0. The quantitative estimate of drug-likeness (QED) is 0.527. The summed E-state index contributed by atoms with van der Waals surface area (Å²) in [5.74, 6) is 2.38. The van der Waals surface area contributed by atoms with Gasteiger partial charge in [-0.1, -0.05) is 13.8 Å². The molecule has 7 nitrogen and oxygen atoms in total. The van der Waals surface area contributed by atoms with E-state index >= 15 is 0 Å². The SMILES string of the molecule is CN=CCOc1cc(C(C)C)c(Oc2cnc(N)nc2N)cc1I. The van der Waals surface area contributed by atoms with Gasteiger partial charge in [-0.15, -0.1) is 0 Å². The normalized spacial score (nSPS) is 11.2. The molecule has 0 saturated heterocycles. The Labute approximate surface area is 154 Å². The zero-order valence-electron chi connectivity index (χ0n) is 13.8. The molecule has 0 aliphatic heterocycles. The van der Waals surface area contributed by atoms with Crippen molar-refractivity contribution in [3.63, 3.8) is 0 Å². The summed E-state index contributed by atoms with van der Waals surface area (Å²) in [7, 11) is 1.71. The van der Waals surface area contributed by atoms with Crippen molar-refractivity contribution in [2.24, 2.45) is 4.99 Å². The molecule has 8 heteroatoms. The molecule has 0 atom stereocenters. The van der Waals surface area contributed by atoms with E-state index in [-0.39, 0.29) is 17.7 Å². The van der Waals surface area contributed by atoms with Crippen molar-refractivity contribution < 1.29 is 9.47 Å². The van der Waals surface area contributed by atoms with Crippen LogP contribution in [0.15, 0.2) is 23.3 Å². The van der Waals surface area contributed by atoms with Gasteiger partial charge in [-0.2, -0.15) is 4.98 Å². The van der Waals surface area contributed by atoms with Crippen LogP contribution in [0.3, 0.4) is 0 Å². The topological polar surface area (TPSA) is 109 Å². The highest BCUT2D eigenvalue weighted by atomic mass is 127. The molecular formula is C16H20IN5O2. The van der Waals surface area contributed by atoms with E-state index in [4.69, 9.17) is 20.9 Å². The van der Waals surface area contributed by atoms with Crippen LogP contribution in [0.4, 0.5) is 11.8 Å². The van der Waals surface area contributed by atoms with Crippen LogP contribution in [0.1, 0.15) is 25.3 Å². The van der Waals surface area contributed by atoms with Crippen molar-refractivity contribution in [1.29, 1.82) is 0 Å². The van der Waals surface area contributed by atoms with Crippen molar-refractivity contribution in [1.82, 2.24) is 9.97 Å². The summed E-state index contributed by atoms with van der Waals surface area (Å²) in [6.07, 6.45) is 3.18. The third-order valence-electron chi connectivity index (χ3n) is 3.20. The number of nitrogens with zero attached hydrogens (tertiary/aromatic N) is 3. The Morgan fingerprint density at radius 1 is 1.25 bits per heavy atom. The van der Waals surface area contributed by atoms with Gasteiger partial charge in [-0.3, -0.25) is 4.99 Å². The number of aromatic nitrogens is 2.